The number of fused-ring (bicyclic) bond motifs is 2. The summed E-state index contributed by atoms with van der Waals surface area (Å²) in [4.78, 5) is 27.7. The molecule has 0 aliphatic heterocycles. The van der Waals surface area contributed by atoms with E-state index in [1.54, 1.807) is 18.2 Å². The largest absolute Gasteiger partial charge is 0.422 e. The second-order valence-electron chi connectivity index (χ2n) is 8.01. The first-order valence-electron chi connectivity index (χ1n) is 11.1. The van der Waals surface area contributed by atoms with Gasteiger partial charge in [0.1, 0.15) is 11.2 Å². The number of benzene rings is 3. The van der Waals surface area contributed by atoms with E-state index in [0.29, 0.717) is 22.3 Å². The Bertz CT molecular complexity index is 1630. The number of para-hydroxylation sites is 1. The maximum Gasteiger partial charge on any atom is 0.344 e. The first kappa shape index (κ1) is 22.2. The lowest BCUT2D eigenvalue weighted by Gasteiger charge is -2.21. The zero-order valence-electron chi connectivity index (χ0n) is 18.8. The summed E-state index contributed by atoms with van der Waals surface area (Å²) >= 11 is 3.46. The van der Waals surface area contributed by atoms with Crippen LogP contribution in [0.5, 0.6) is 0 Å². The van der Waals surface area contributed by atoms with Gasteiger partial charge in [0.2, 0.25) is 0 Å². The Balaban J connectivity index is 1.71. The fourth-order valence-electron chi connectivity index (χ4n) is 4.36. The third kappa shape index (κ3) is 3.94. The van der Waals surface area contributed by atoms with Crippen LogP contribution in [-0.2, 0) is 0 Å². The van der Waals surface area contributed by atoms with E-state index < -0.39 is 11.3 Å². The molecule has 0 bridgehead atoms. The number of rotatable bonds is 5. The van der Waals surface area contributed by atoms with E-state index in [-0.39, 0.29) is 0 Å². The van der Waals surface area contributed by atoms with Gasteiger partial charge in [-0.3, -0.25) is 0 Å². The van der Waals surface area contributed by atoms with E-state index >= 15 is 0 Å². The van der Waals surface area contributed by atoms with Crippen molar-refractivity contribution in [2.24, 2.45) is 0 Å². The van der Waals surface area contributed by atoms with Crippen LogP contribution in [0.3, 0.4) is 0 Å². The third-order valence-electron chi connectivity index (χ3n) is 6.06. The van der Waals surface area contributed by atoms with Gasteiger partial charge in [0.25, 0.3) is 0 Å². The summed E-state index contributed by atoms with van der Waals surface area (Å²) in [6, 6.07) is 22.4. The monoisotopic (exact) mass is 515 g/mol. The number of halogens is 1. The van der Waals surface area contributed by atoms with E-state index in [0.717, 1.165) is 45.1 Å². The van der Waals surface area contributed by atoms with Crippen LogP contribution in [0, 0.1) is 0 Å². The molecular formula is C28H22BrNO4. The molecule has 5 nitrogen and oxygen atoms in total. The van der Waals surface area contributed by atoms with Crippen LogP contribution in [0.15, 0.2) is 95.7 Å². The predicted octanol–water partition coefficient (Wildman–Crippen LogP) is 6.84. The van der Waals surface area contributed by atoms with Gasteiger partial charge in [-0.15, -0.1) is 0 Å². The summed E-state index contributed by atoms with van der Waals surface area (Å²) in [6.07, 6.45) is 0. The van der Waals surface area contributed by atoms with Crippen LogP contribution in [0.4, 0.5) is 5.69 Å². The van der Waals surface area contributed by atoms with Crippen LogP contribution in [0.2, 0.25) is 0 Å². The maximum absolute atomic E-state index is 12.9. The molecule has 2 heterocycles. The first-order valence-corrected chi connectivity index (χ1v) is 11.9. The van der Waals surface area contributed by atoms with Crippen molar-refractivity contribution in [1.82, 2.24) is 0 Å². The summed E-state index contributed by atoms with van der Waals surface area (Å²) in [7, 11) is 0. The van der Waals surface area contributed by atoms with Gasteiger partial charge in [0.05, 0.1) is 5.56 Å². The van der Waals surface area contributed by atoms with E-state index in [4.69, 9.17) is 8.83 Å². The van der Waals surface area contributed by atoms with Crippen LogP contribution < -0.4 is 16.2 Å². The molecule has 0 radical (unpaired) electrons. The first-order chi connectivity index (χ1) is 16.5. The topological polar surface area (TPSA) is 63.7 Å². The van der Waals surface area contributed by atoms with Gasteiger partial charge in [0.15, 0.2) is 0 Å². The molecule has 6 heteroatoms. The lowest BCUT2D eigenvalue weighted by Crippen LogP contribution is -2.21. The second-order valence-corrected chi connectivity index (χ2v) is 8.93. The molecule has 0 aliphatic rings. The molecule has 0 amide bonds. The molecule has 0 saturated carbocycles. The second kappa shape index (κ2) is 8.95. The molecule has 0 atom stereocenters. The molecule has 170 valence electrons. The lowest BCUT2D eigenvalue weighted by molar-refractivity contribution is 0.556. The Labute approximate surface area is 204 Å². The van der Waals surface area contributed by atoms with Crippen molar-refractivity contribution in [3.63, 3.8) is 0 Å². The molecule has 34 heavy (non-hydrogen) atoms. The number of nitrogens with zero attached hydrogens (tertiary/aromatic N) is 1. The molecule has 0 unspecified atom stereocenters. The fraction of sp³-hybridized carbons (Fsp3) is 0.143. The standard InChI is InChI=1S/C28H22BrNO4/c1-3-30(4-2)20-11-8-17(9-12-20)23-16-26(31)34-27-21(23)6-5-7-22(27)24-15-18-14-19(29)10-13-25(18)33-28(24)32/h5-16H,3-4H2,1-2H3. The Morgan fingerprint density at radius 2 is 1.56 bits per heavy atom. The average molecular weight is 516 g/mol. The highest BCUT2D eigenvalue weighted by molar-refractivity contribution is 9.10. The van der Waals surface area contributed by atoms with E-state index in [2.05, 4.69) is 46.8 Å². The zero-order chi connectivity index (χ0) is 23.8. The number of anilines is 1. The molecule has 5 aromatic rings. The quantitative estimate of drug-likeness (QED) is 0.239. The van der Waals surface area contributed by atoms with Crippen molar-refractivity contribution in [3.05, 3.63) is 98.1 Å². The van der Waals surface area contributed by atoms with Crippen LogP contribution in [0.25, 0.3) is 44.2 Å². The van der Waals surface area contributed by atoms with Crippen molar-refractivity contribution in [2.45, 2.75) is 13.8 Å². The summed E-state index contributed by atoms with van der Waals surface area (Å²) in [5.74, 6) is 0. The molecule has 0 aliphatic carbocycles. The van der Waals surface area contributed by atoms with Gasteiger partial charge in [-0.1, -0.05) is 46.3 Å². The van der Waals surface area contributed by atoms with Gasteiger partial charge in [-0.2, -0.15) is 0 Å². The highest BCUT2D eigenvalue weighted by Crippen LogP contribution is 2.34. The van der Waals surface area contributed by atoms with Crippen molar-refractivity contribution >= 4 is 43.6 Å². The minimum absolute atomic E-state index is 0.341. The van der Waals surface area contributed by atoms with Crippen molar-refractivity contribution in [1.29, 1.82) is 0 Å². The molecule has 0 saturated heterocycles. The van der Waals surface area contributed by atoms with Crippen LogP contribution in [0.1, 0.15) is 13.8 Å². The number of hydrogen-bond donors (Lipinski definition) is 0. The smallest absolute Gasteiger partial charge is 0.344 e. The summed E-state index contributed by atoms with van der Waals surface area (Å²) in [6.45, 7) is 6.08. The number of hydrogen-bond acceptors (Lipinski definition) is 5. The molecule has 2 aromatic heterocycles. The highest BCUT2D eigenvalue weighted by Gasteiger charge is 2.16. The molecule has 0 fully saturated rings. The minimum atomic E-state index is -0.487. The van der Waals surface area contributed by atoms with Crippen molar-refractivity contribution in [3.8, 4) is 22.3 Å². The molecule has 0 N–H and O–H groups in total. The summed E-state index contributed by atoms with van der Waals surface area (Å²) in [5.41, 5.74) is 3.54. The average Bonchev–Trinajstić information content (AvgIpc) is 2.84. The normalized spacial score (nSPS) is 11.3. The molecule has 0 spiro atoms. The van der Waals surface area contributed by atoms with Crippen LogP contribution in [-0.4, -0.2) is 13.1 Å². The molecule has 3 aromatic carbocycles. The van der Waals surface area contributed by atoms with Gasteiger partial charge in [0, 0.05) is 45.7 Å². The van der Waals surface area contributed by atoms with E-state index in [9.17, 15) is 9.59 Å². The summed E-state index contributed by atoms with van der Waals surface area (Å²) in [5, 5.41) is 1.52. The molecular weight excluding hydrogens is 494 g/mol. The highest BCUT2D eigenvalue weighted by atomic mass is 79.9. The zero-order valence-corrected chi connectivity index (χ0v) is 20.4. The Morgan fingerprint density at radius 1 is 0.794 bits per heavy atom. The Kier molecular flexibility index (Phi) is 5.84. The van der Waals surface area contributed by atoms with Crippen LogP contribution >= 0.6 is 15.9 Å². The van der Waals surface area contributed by atoms with Gasteiger partial charge in [-0.05, 0) is 61.4 Å². The van der Waals surface area contributed by atoms with Gasteiger partial charge < -0.3 is 13.7 Å². The third-order valence-corrected chi connectivity index (χ3v) is 6.55. The SMILES string of the molecule is CCN(CC)c1ccc(-c2cc(=O)oc3c(-c4cc5cc(Br)ccc5oc4=O)cccc23)cc1. The Hall–Kier alpha value is -3.64. The summed E-state index contributed by atoms with van der Waals surface area (Å²) < 4.78 is 12.1. The van der Waals surface area contributed by atoms with Crippen molar-refractivity contribution in [2.75, 3.05) is 18.0 Å². The fourth-order valence-corrected chi connectivity index (χ4v) is 4.74. The molecule has 5 rings (SSSR count). The predicted molar refractivity (Wildman–Crippen MR) is 141 cm³/mol. The van der Waals surface area contributed by atoms with Crippen molar-refractivity contribution < 1.29 is 8.83 Å². The van der Waals surface area contributed by atoms with E-state index in [1.807, 2.05) is 36.4 Å². The minimum Gasteiger partial charge on any atom is -0.422 e. The Morgan fingerprint density at radius 3 is 2.29 bits per heavy atom. The van der Waals surface area contributed by atoms with E-state index in [1.165, 1.54) is 6.07 Å². The maximum atomic E-state index is 12.9. The van der Waals surface area contributed by atoms with Gasteiger partial charge >= 0.3 is 11.3 Å². The lowest BCUT2D eigenvalue weighted by atomic mass is 9.97. The van der Waals surface area contributed by atoms with Gasteiger partial charge in [-0.25, -0.2) is 9.59 Å².